The van der Waals surface area contributed by atoms with Gasteiger partial charge in [0.15, 0.2) is 0 Å². The number of ether oxygens (including phenoxy) is 2. The van der Waals surface area contributed by atoms with Crippen molar-refractivity contribution in [3.63, 3.8) is 0 Å². The highest BCUT2D eigenvalue weighted by Crippen LogP contribution is 2.60. The molecule has 1 aromatic heterocycles. The second-order valence-corrected chi connectivity index (χ2v) is 31.3. The summed E-state index contributed by atoms with van der Waals surface area (Å²) in [5, 5.41) is 1.83. The van der Waals surface area contributed by atoms with Crippen LogP contribution < -0.4 is 19.3 Å². The maximum Gasteiger partial charge on any atom is 0.137 e. The van der Waals surface area contributed by atoms with Crippen LogP contribution >= 0.6 is 0 Å². The number of hydrogen-bond donors (Lipinski definition) is 0. The average Bonchev–Trinajstić information content (AvgIpc) is 1.58. The minimum Gasteiger partial charge on any atom is -0.457 e. The molecule has 0 bridgehead atoms. The smallest absolute Gasteiger partial charge is 0.137 e. The van der Waals surface area contributed by atoms with E-state index in [0.29, 0.717) is 34.2 Å². The van der Waals surface area contributed by atoms with Crippen molar-refractivity contribution in [1.29, 1.82) is 0 Å². The Balaban J connectivity index is 0.715. The topological polar surface area (TPSA) is 38.1 Å². The van der Waals surface area contributed by atoms with Crippen LogP contribution in [0.3, 0.4) is 0 Å². The number of anilines is 6. The lowest BCUT2D eigenvalue weighted by Gasteiger charge is -2.35. The van der Waals surface area contributed by atoms with Crippen LogP contribution in [0.4, 0.5) is 51.7 Å². The highest BCUT2D eigenvalue weighted by Gasteiger charge is 2.48. The molecule has 18 aromatic carbocycles. The highest BCUT2D eigenvalue weighted by molar-refractivity contribution is 6.08. The Morgan fingerprint density at radius 3 is 0.854 bits per heavy atom. The van der Waals surface area contributed by atoms with E-state index in [-0.39, 0.29) is 23.3 Å². The van der Waals surface area contributed by atoms with Gasteiger partial charge in [-0.1, -0.05) is 244 Å². The molecule has 2 unspecified atom stereocenters. The van der Waals surface area contributed by atoms with Crippen molar-refractivity contribution in [1.82, 2.24) is 0 Å². The molecule has 586 valence electrons. The Morgan fingerprint density at radius 2 is 0.512 bits per heavy atom. The third-order valence-corrected chi connectivity index (χ3v) is 24.4. The molecule has 0 fully saturated rings. The van der Waals surface area contributed by atoms with E-state index in [1.165, 1.54) is 24.3 Å². The zero-order valence-electron chi connectivity index (χ0n) is 66.5. The summed E-state index contributed by atoms with van der Waals surface area (Å²) in [6, 6.07) is 136. The van der Waals surface area contributed by atoms with E-state index in [2.05, 4.69) is 241 Å². The van der Waals surface area contributed by atoms with Gasteiger partial charge in [0, 0.05) is 57.0 Å². The van der Waals surface area contributed by atoms with Gasteiger partial charge in [0.2, 0.25) is 0 Å². The van der Waals surface area contributed by atoms with E-state index in [0.717, 1.165) is 167 Å². The summed E-state index contributed by atoms with van der Waals surface area (Å²) in [6.07, 6.45) is 3.61. The number of hydrogen-bond acceptors (Lipinski definition) is 5. The van der Waals surface area contributed by atoms with Gasteiger partial charge in [-0.25, -0.2) is 17.6 Å². The molecule has 21 rings (SSSR count). The number of furan rings is 1. The summed E-state index contributed by atoms with van der Waals surface area (Å²) in [7, 11) is 0. The Labute approximate surface area is 710 Å². The van der Waals surface area contributed by atoms with Crippen LogP contribution in [0, 0.1) is 23.3 Å². The van der Waals surface area contributed by atoms with Crippen LogP contribution in [-0.2, 0) is 10.8 Å². The molecule has 2 aliphatic rings. The summed E-state index contributed by atoms with van der Waals surface area (Å²) in [5.41, 5.74) is 26.3. The first kappa shape index (κ1) is 74.7. The second kappa shape index (κ2) is 30.8. The van der Waals surface area contributed by atoms with Crippen molar-refractivity contribution in [2.45, 2.75) is 10.8 Å². The van der Waals surface area contributed by atoms with Gasteiger partial charge in [-0.05, 0) is 304 Å². The van der Waals surface area contributed by atoms with Crippen molar-refractivity contribution in [2.24, 2.45) is 0 Å². The predicted molar refractivity (Wildman–Crippen MR) is 492 cm³/mol. The highest BCUT2D eigenvalue weighted by atomic mass is 19.1. The molecule has 5 nitrogen and oxygen atoms in total. The molecule has 0 N–H and O–H groups in total. The SMILES string of the molecule is C=Cc1ccc(Oc2ccc(C3(c4ccc(F)cc4)c4ccccc4-c4ccc(N(c5ccc(-c6cccc(-c7ccc(F)cc7)c6)cc5)c5ccc6c(c5)oc5cc(N(c7ccc(-c8cccc(-c9ccc(F)cc9)c8)cc7)c7ccc8c(c7)C(c7ccc(F)cc7)(c7ccc(Oc9ccc(C=C)cc9)cc7)c7ccccc7-8)ccc56)cc43)cc2)cc1. The zero-order chi connectivity index (χ0) is 82.9. The first-order chi connectivity index (χ1) is 60.4. The summed E-state index contributed by atoms with van der Waals surface area (Å²) < 4.78 is 79.8. The Hall–Kier alpha value is -15.8. The fraction of sp³-hybridized carbons (Fsp3) is 0.0175. The summed E-state index contributed by atoms with van der Waals surface area (Å²) in [4.78, 5) is 4.55. The Morgan fingerprint density at radius 1 is 0.236 bits per heavy atom. The van der Waals surface area contributed by atoms with Crippen LogP contribution in [0.15, 0.2) is 430 Å². The first-order valence-electron chi connectivity index (χ1n) is 40.9. The average molecular weight is 1600 g/mol. The molecule has 0 saturated heterocycles. The minimum absolute atomic E-state index is 0.291. The van der Waals surface area contributed by atoms with Crippen LogP contribution in [0.1, 0.15) is 55.6 Å². The molecule has 0 aliphatic heterocycles. The number of nitrogens with zero attached hydrogens (tertiary/aromatic N) is 2. The standard InChI is InChI=1S/C114H74F4N2O3/c1-3-73-19-55-97(56-20-73)121-99-59-35-85(36-60-99)113(83-31-43-89(117)44-32-83)107-17-7-5-15-101(107)103-63-51-93(69-109(103)113)119(91-47-27-77(28-48-91)81-13-9-11-79(67-81)75-23-39-87(115)40-24-75)95-53-65-105-106-66-54-96(72-112(106)123-111(105)71-95)120(92-49-29-78(30-50-92)82-14-10-12-80(68-82)76-25-41-88(116)42-26-76)94-52-64-104-102-16-6-8-18-108(102)114(110(104)70-94,84-33-45-90(118)46-34-84)86-37-61-100(62-38-86)122-98-57-21-74(4-2)22-58-98/h3-72H,1-2H2. The molecule has 0 radical (unpaired) electrons. The normalized spacial score (nSPS) is 14.1. The van der Waals surface area contributed by atoms with Gasteiger partial charge in [-0.2, -0.15) is 0 Å². The van der Waals surface area contributed by atoms with Crippen LogP contribution in [0.5, 0.6) is 23.0 Å². The summed E-state index contributed by atoms with van der Waals surface area (Å²) in [5.74, 6) is 1.45. The van der Waals surface area contributed by atoms with Crippen molar-refractivity contribution in [3.8, 4) is 89.8 Å². The molecule has 0 amide bonds. The van der Waals surface area contributed by atoms with Crippen LogP contribution in [0.25, 0.3) is 101 Å². The molecular weight excluding hydrogens is 1520 g/mol. The van der Waals surface area contributed by atoms with E-state index in [9.17, 15) is 8.78 Å². The molecule has 123 heavy (non-hydrogen) atoms. The Kier molecular flexibility index (Phi) is 18.7. The lowest BCUT2D eigenvalue weighted by molar-refractivity contribution is 0.482. The summed E-state index contributed by atoms with van der Waals surface area (Å²) in [6.45, 7) is 7.86. The number of fused-ring (bicyclic) bond motifs is 9. The van der Waals surface area contributed by atoms with E-state index in [1.807, 2.05) is 121 Å². The van der Waals surface area contributed by atoms with Gasteiger partial charge < -0.3 is 23.7 Å². The molecule has 2 atom stereocenters. The fourth-order valence-electron chi connectivity index (χ4n) is 18.5. The summed E-state index contributed by atoms with van der Waals surface area (Å²) >= 11 is 0. The molecule has 2 aliphatic carbocycles. The third-order valence-electron chi connectivity index (χ3n) is 24.4. The number of benzene rings is 18. The van der Waals surface area contributed by atoms with Crippen molar-refractivity contribution in [3.05, 3.63) is 505 Å². The number of halogens is 4. The minimum atomic E-state index is -0.946. The molecule has 0 saturated carbocycles. The third kappa shape index (κ3) is 13.3. The maximum atomic E-state index is 15.5. The predicted octanol–water partition coefficient (Wildman–Crippen LogP) is 31.3. The molecular formula is C114H74F4N2O3. The molecule has 0 spiro atoms. The monoisotopic (exact) mass is 1590 g/mol. The molecule has 1 heterocycles. The van der Waals surface area contributed by atoms with Crippen LogP contribution in [-0.4, -0.2) is 0 Å². The van der Waals surface area contributed by atoms with E-state index >= 15 is 8.78 Å². The van der Waals surface area contributed by atoms with Crippen molar-refractivity contribution in [2.75, 3.05) is 9.80 Å². The Bertz CT molecular complexity index is 6840. The largest absolute Gasteiger partial charge is 0.457 e. The zero-order valence-corrected chi connectivity index (χ0v) is 66.5. The van der Waals surface area contributed by atoms with Gasteiger partial charge in [0.05, 0.1) is 10.8 Å². The van der Waals surface area contributed by atoms with Crippen molar-refractivity contribution < 1.29 is 31.5 Å². The van der Waals surface area contributed by atoms with Crippen LogP contribution in [0.2, 0.25) is 0 Å². The molecule has 19 aromatic rings. The first-order valence-corrected chi connectivity index (χ1v) is 40.9. The van der Waals surface area contributed by atoms with Gasteiger partial charge in [0.1, 0.15) is 57.4 Å². The van der Waals surface area contributed by atoms with E-state index in [1.54, 1.807) is 60.7 Å². The number of rotatable bonds is 20. The van der Waals surface area contributed by atoms with Gasteiger partial charge >= 0.3 is 0 Å². The molecule has 9 heteroatoms. The lowest BCUT2D eigenvalue weighted by Crippen LogP contribution is -2.28. The van der Waals surface area contributed by atoms with Crippen molar-refractivity contribution >= 4 is 68.2 Å². The van der Waals surface area contributed by atoms with Gasteiger partial charge in [-0.3, -0.25) is 0 Å². The fourth-order valence-corrected chi connectivity index (χ4v) is 18.5. The van der Waals surface area contributed by atoms with Gasteiger partial charge in [-0.15, -0.1) is 0 Å². The van der Waals surface area contributed by atoms with E-state index in [4.69, 9.17) is 13.9 Å². The second-order valence-electron chi connectivity index (χ2n) is 31.3. The van der Waals surface area contributed by atoms with Gasteiger partial charge in [0.25, 0.3) is 0 Å². The maximum absolute atomic E-state index is 15.5. The van der Waals surface area contributed by atoms with E-state index < -0.39 is 10.8 Å². The lowest BCUT2D eigenvalue weighted by atomic mass is 9.67. The quantitative estimate of drug-likeness (QED) is 0.0711.